The predicted octanol–water partition coefficient (Wildman–Crippen LogP) is 4.43. The minimum atomic E-state index is -0.685. The molecule has 1 fully saturated rings. The number of nitrogens with zero attached hydrogens (tertiary/aromatic N) is 3. The van der Waals surface area contributed by atoms with Crippen molar-refractivity contribution in [2.45, 2.75) is 62.6 Å². The summed E-state index contributed by atoms with van der Waals surface area (Å²) in [4.78, 5) is 16.9. The molecule has 1 aliphatic rings. The molecule has 1 N–H and O–H groups in total. The van der Waals surface area contributed by atoms with Crippen LogP contribution in [-0.4, -0.2) is 26.8 Å². The van der Waals surface area contributed by atoms with Crippen LogP contribution in [0.3, 0.4) is 0 Å². The van der Waals surface area contributed by atoms with Crippen LogP contribution in [0.5, 0.6) is 0 Å². The van der Waals surface area contributed by atoms with Crippen molar-refractivity contribution in [2.24, 2.45) is 0 Å². The van der Waals surface area contributed by atoms with Gasteiger partial charge in [-0.25, -0.2) is 4.98 Å². The third-order valence-corrected chi connectivity index (χ3v) is 6.02. The maximum atomic E-state index is 12.5. The van der Waals surface area contributed by atoms with E-state index in [-0.39, 0.29) is 11.7 Å². The van der Waals surface area contributed by atoms with Gasteiger partial charge in [0.25, 0.3) is 0 Å². The van der Waals surface area contributed by atoms with Crippen molar-refractivity contribution in [1.29, 1.82) is 5.26 Å². The molecule has 0 spiro atoms. The van der Waals surface area contributed by atoms with Crippen LogP contribution in [0.15, 0.2) is 41.8 Å². The van der Waals surface area contributed by atoms with Gasteiger partial charge in [-0.05, 0) is 30.4 Å². The van der Waals surface area contributed by atoms with Crippen LogP contribution in [0.4, 0.5) is 0 Å². The molecule has 0 radical (unpaired) electrons. The average molecular weight is 383 g/mol. The molecule has 142 valence electrons. The van der Waals surface area contributed by atoms with Crippen molar-refractivity contribution >= 4 is 17.7 Å². The van der Waals surface area contributed by atoms with Crippen molar-refractivity contribution in [3.63, 3.8) is 0 Å². The largest absolute Gasteiger partial charge is 0.337 e. The predicted molar refractivity (Wildman–Crippen MR) is 108 cm³/mol. The number of hydrogen-bond acceptors (Lipinski definition) is 4. The Morgan fingerprint density at radius 3 is 2.78 bits per heavy atom. The number of thioether (sulfide) groups is 1. The van der Waals surface area contributed by atoms with Gasteiger partial charge < -0.3 is 5.32 Å². The Morgan fingerprint density at radius 1 is 1.33 bits per heavy atom. The number of rotatable bonds is 6. The van der Waals surface area contributed by atoms with Gasteiger partial charge in [0.15, 0.2) is 5.16 Å². The lowest BCUT2D eigenvalue weighted by Crippen LogP contribution is -2.49. The van der Waals surface area contributed by atoms with Crippen molar-refractivity contribution in [3.05, 3.63) is 42.2 Å². The molecule has 0 saturated heterocycles. The summed E-state index contributed by atoms with van der Waals surface area (Å²) in [6, 6.07) is 10.6. The molecule has 0 atom stereocenters. The van der Waals surface area contributed by atoms with E-state index in [9.17, 15) is 10.1 Å². The number of carbonyl (C=O) groups excluding carboxylic acids is 1. The lowest BCUT2D eigenvalue weighted by atomic mass is 9.83. The van der Waals surface area contributed by atoms with E-state index in [1.165, 1.54) is 17.3 Å². The molecule has 1 aromatic heterocycles. The first-order chi connectivity index (χ1) is 13.0. The zero-order valence-electron chi connectivity index (χ0n) is 15.9. The van der Waals surface area contributed by atoms with Gasteiger partial charge >= 0.3 is 0 Å². The van der Waals surface area contributed by atoms with E-state index >= 15 is 0 Å². The summed E-state index contributed by atoms with van der Waals surface area (Å²) < 4.78 is 2.04. The maximum Gasteiger partial charge on any atom is 0.231 e. The summed E-state index contributed by atoms with van der Waals surface area (Å²) in [6.07, 6.45) is 8.32. The number of imidazole rings is 1. The van der Waals surface area contributed by atoms with Gasteiger partial charge in [0.05, 0.1) is 17.5 Å². The van der Waals surface area contributed by atoms with E-state index in [1.54, 1.807) is 6.20 Å². The van der Waals surface area contributed by atoms with Gasteiger partial charge in [-0.15, -0.1) is 0 Å². The molecular formula is C21H26N4OS. The summed E-state index contributed by atoms with van der Waals surface area (Å²) in [5, 5.41) is 13.3. The Bertz CT molecular complexity index is 831. The Labute approximate surface area is 165 Å². The van der Waals surface area contributed by atoms with Crippen LogP contribution in [0.1, 0.15) is 57.4 Å². The van der Waals surface area contributed by atoms with Crippen LogP contribution in [0.2, 0.25) is 0 Å². The van der Waals surface area contributed by atoms with Gasteiger partial charge in [-0.3, -0.25) is 9.36 Å². The standard InChI is InChI=1S/C21H26N4OS/c1-16(2)17-8-4-5-9-18(17)25-13-12-23-20(25)27-14-19(26)24-21(15-22)10-6-3-7-11-21/h4-5,8-9,12-13,16H,3,6-7,10-11,14H2,1-2H3,(H,24,26). The average Bonchev–Trinajstić information content (AvgIpc) is 3.15. The van der Waals surface area contributed by atoms with E-state index in [0.29, 0.717) is 5.92 Å². The van der Waals surface area contributed by atoms with Gasteiger partial charge in [-0.2, -0.15) is 5.26 Å². The number of carbonyl (C=O) groups is 1. The van der Waals surface area contributed by atoms with Crippen LogP contribution in [0, 0.1) is 11.3 Å². The van der Waals surface area contributed by atoms with Crippen LogP contribution in [-0.2, 0) is 4.79 Å². The molecule has 2 aromatic rings. The van der Waals surface area contributed by atoms with Gasteiger partial charge in [0.1, 0.15) is 5.54 Å². The van der Waals surface area contributed by atoms with Crippen LogP contribution in [0.25, 0.3) is 5.69 Å². The summed E-state index contributed by atoms with van der Waals surface area (Å²) >= 11 is 1.41. The van der Waals surface area contributed by atoms with Crippen LogP contribution < -0.4 is 5.32 Å². The highest BCUT2D eigenvalue weighted by molar-refractivity contribution is 7.99. The second-order valence-electron chi connectivity index (χ2n) is 7.38. The highest BCUT2D eigenvalue weighted by Crippen LogP contribution is 2.29. The van der Waals surface area contributed by atoms with Gasteiger partial charge in [0, 0.05) is 12.4 Å². The topological polar surface area (TPSA) is 70.7 Å². The number of para-hydroxylation sites is 1. The fourth-order valence-corrected chi connectivity index (χ4v) is 4.39. The monoisotopic (exact) mass is 382 g/mol. The molecule has 27 heavy (non-hydrogen) atoms. The Balaban J connectivity index is 1.69. The zero-order chi connectivity index (χ0) is 19.3. The van der Waals surface area contributed by atoms with E-state index in [1.807, 2.05) is 22.9 Å². The molecule has 0 aliphatic heterocycles. The molecule has 1 heterocycles. The molecule has 0 unspecified atom stereocenters. The minimum absolute atomic E-state index is 0.102. The third kappa shape index (κ3) is 4.54. The summed E-state index contributed by atoms with van der Waals surface area (Å²) in [6.45, 7) is 4.34. The van der Waals surface area contributed by atoms with Gasteiger partial charge in [0.2, 0.25) is 5.91 Å². The molecule has 3 rings (SSSR count). The van der Waals surface area contributed by atoms with E-state index in [0.717, 1.165) is 42.9 Å². The molecule has 1 amide bonds. The number of aromatic nitrogens is 2. The first kappa shape index (κ1) is 19.5. The number of nitriles is 1. The highest BCUT2D eigenvalue weighted by atomic mass is 32.2. The molecular weight excluding hydrogens is 356 g/mol. The second kappa shape index (κ2) is 8.62. The Morgan fingerprint density at radius 2 is 2.07 bits per heavy atom. The first-order valence-corrected chi connectivity index (χ1v) is 10.5. The molecule has 6 heteroatoms. The van der Waals surface area contributed by atoms with Crippen molar-refractivity contribution in [3.8, 4) is 11.8 Å². The SMILES string of the molecule is CC(C)c1ccccc1-n1ccnc1SCC(=O)NC1(C#N)CCCCC1. The second-order valence-corrected chi connectivity index (χ2v) is 8.33. The van der Waals surface area contributed by atoms with Crippen molar-refractivity contribution < 1.29 is 4.79 Å². The number of benzene rings is 1. The van der Waals surface area contributed by atoms with Gasteiger partial charge in [-0.1, -0.05) is 63.1 Å². The zero-order valence-corrected chi connectivity index (χ0v) is 16.8. The van der Waals surface area contributed by atoms with Crippen molar-refractivity contribution in [1.82, 2.24) is 14.9 Å². The van der Waals surface area contributed by atoms with E-state index in [2.05, 4.69) is 42.4 Å². The fraction of sp³-hybridized carbons (Fsp3) is 0.476. The molecule has 0 bridgehead atoms. The summed E-state index contributed by atoms with van der Waals surface area (Å²) in [5.74, 6) is 0.547. The van der Waals surface area contributed by atoms with E-state index in [4.69, 9.17) is 0 Å². The Hall–Kier alpha value is -2.26. The fourth-order valence-electron chi connectivity index (χ4n) is 3.63. The minimum Gasteiger partial charge on any atom is -0.337 e. The smallest absolute Gasteiger partial charge is 0.231 e. The Kier molecular flexibility index (Phi) is 6.22. The maximum absolute atomic E-state index is 12.5. The highest BCUT2D eigenvalue weighted by Gasteiger charge is 2.33. The molecule has 5 nitrogen and oxygen atoms in total. The van der Waals surface area contributed by atoms with E-state index < -0.39 is 5.54 Å². The normalized spacial score (nSPS) is 16.1. The number of nitrogens with one attached hydrogen (secondary N) is 1. The quantitative estimate of drug-likeness (QED) is 0.750. The summed E-state index contributed by atoms with van der Waals surface area (Å²) in [7, 11) is 0. The first-order valence-electron chi connectivity index (χ1n) is 9.52. The lowest BCUT2D eigenvalue weighted by Gasteiger charge is -2.31. The molecule has 1 saturated carbocycles. The van der Waals surface area contributed by atoms with Crippen molar-refractivity contribution in [2.75, 3.05) is 5.75 Å². The van der Waals surface area contributed by atoms with Crippen LogP contribution >= 0.6 is 11.8 Å². The molecule has 1 aromatic carbocycles. The number of amides is 1. The molecule has 1 aliphatic carbocycles. The lowest BCUT2D eigenvalue weighted by molar-refractivity contribution is -0.120. The summed E-state index contributed by atoms with van der Waals surface area (Å²) in [5.41, 5.74) is 1.65. The third-order valence-electron chi connectivity index (χ3n) is 5.06. The number of hydrogen-bond donors (Lipinski definition) is 1.